The molecule has 26 heavy (non-hydrogen) atoms. The van der Waals surface area contributed by atoms with Crippen molar-refractivity contribution in [3.05, 3.63) is 78.0 Å². The second-order valence-electron chi connectivity index (χ2n) is 6.24. The normalized spacial score (nSPS) is 11.4. The van der Waals surface area contributed by atoms with E-state index in [4.69, 9.17) is 8.94 Å². The van der Waals surface area contributed by atoms with Crippen molar-refractivity contribution in [2.45, 2.75) is 13.3 Å². The highest BCUT2D eigenvalue weighted by molar-refractivity contribution is 5.85. The first-order valence-electron chi connectivity index (χ1n) is 8.43. The largest absolute Gasteiger partial charge is 0.441 e. The van der Waals surface area contributed by atoms with Crippen LogP contribution in [0.5, 0.6) is 0 Å². The van der Waals surface area contributed by atoms with Crippen LogP contribution in [0.4, 0.5) is 0 Å². The fourth-order valence-corrected chi connectivity index (χ4v) is 3.24. The smallest absolute Gasteiger partial charge is 0.231 e. The summed E-state index contributed by atoms with van der Waals surface area (Å²) in [4.78, 5) is 8.92. The molecule has 5 aromatic rings. The molecule has 0 fully saturated rings. The number of benzene rings is 3. The van der Waals surface area contributed by atoms with Gasteiger partial charge in [0.2, 0.25) is 11.7 Å². The Morgan fingerprint density at radius 3 is 2.77 bits per heavy atom. The molecule has 0 aliphatic rings. The number of hydrogen-bond donors (Lipinski definition) is 0. The molecule has 5 heteroatoms. The van der Waals surface area contributed by atoms with E-state index in [0.717, 1.165) is 16.7 Å². The second-order valence-corrected chi connectivity index (χ2v) is 6.24. The Morgan fingerprint density at radius 2 is 1.81 bits per heavy atom. The van der Waals surface area contributed by atoms with Crippen LogP contribution < -0.4 is 0 Å². The van der Waals surface area contributed by atoms with E-state index in [1.54, 1.807) is 0 Å². The number of aromatic nitrogens is 3. The van der Waals surface area contributed by atoms with Crippen molar-refractivity contribution in [3.63, 3.8) is 0 Å². The number of oxazole rings is 1. The maximum Gasteiger partial charge on any atom is 0.231 e. The summed E-state index contributed by atoms with van der Waals surface area (Å²) in [5.41, 5.74) is 3.57. The lowest BCUT2D eigenvalue weighted by molar-refractivity contribution is 0.386. The van der Waals surface area contributed by atoms with Crippen LogP contribution in [-0.4, -0.2) is 15.1 Å². The van der Waals surface area contributed by atoms with E-state index < -0.39 is 0 Å². The Labute approximate surface area is 149 Å². The van der Waals surface area contributed by atoms with E-state index in [1.165, 1.54) is 16.3 Å². The van der Waals surface area contributed by atoms with Gasteiger partial charge in [-0.1, -0.05) is 47.6 Å². The maximum absolute atomic E-state index is 5.51. The zero-order valence-corrected chi connectivity index (χ0v) is 14.1. The molecule has 0 saturated heterocycles. The second kappa shape index (κ2) is 5.81. The third-order valence-electron chi connectivity index (χ3n) is 4.44. The van der Waals surface area contributed by atoms with Crippen molar-refractivity contribution in [3.8, 4) is 11.4 Å². The fraction of sp³-hybridized carbons (Fsp3) is 0.0952. The van der Waals surface area contributed by atoms with Gasteiger partial charge in [-0.05, 0) is 34.5 Å². The van der Waals surface area contributed by atoms with Crippen LogP contribution in [0.2, 0.25) is 0 Å². The Balaban J connectivity index is 1.49. The van der Waals surface area contributed by atoms with Crippen LogP contribution >= 0.6 is 0 Å². The quantitative estimate of drug-likeness (QED) is 0.465. The van der Waals surface area contributed by atoms with Crippen molar-refractivity contribution in [2.75, 3.05) is 0 Å². The highest BCUT2D eigenvalue weighted by atomic mass is 16.5. The first-order chi connectivity index (χ1) is 12.8. The van der Waals surface area contributed by atoms with Crippen LogP contribution in [-0.2, 0) is 6.42 Å². The molecule has 0 spiro atoms. The molecule has 2 heterocycles. The molecule has 0 aliphatic carbocycles. The molecule has 3 aromatic carbocycles. The molecule has 5 rings (SSSR count). The number of fused-ring (bicyclic) bond motifs is 2. The Morgan fingerprint density at radius 1 is 0.923 bits per heavy atom. The van der Waals surface area contributed by atoms with Gasteiger partial charge in [-0.2, -0.15) is 4.98 Å². The summed E-state index contributed by atoms with van der Waals surface area (Å²) in [6.45, 7) is 1.83. The monoisotopic (exact) mass is 341 g/mol. The van der Waals surface area contributed by atoms with Gasteiger partial charge in [-0.3, -0.25) is 0 Å². The highest BCUT2D eigenvalue weighted by Crippen LogP contribution is 2.25. The first kappa shape index (κ1) is 14.8. The molecule has 5 nitrogen and oxygen atoms in total. The van der Waals surface area contributed by atoms with Gasteiger partial charge < -0.3 is 8.94 Å². The van der Waals surface area contributed by atoms with Crippen LogP contribution in [0.1, 0.15) is 17.3 Å². The predicted molar refractivity (Wildman–Crippen MR) is 98.8 cm³/mol. The molecule has 0 aliphatic heterocycles. The summed E-state index contributed by atoms with van der Waals surface area (Å²) in [6, 6.07) is 20.3. The molecular weight excluding hydrogens is 326 g/mol. The molecule has 2 aromatic heterocycles. The third kappa shape index (κ3) is 2.54. The zero-order chi connectivity index (χ0) is 17.5. The Hall–Kier alpha value is -3.47. The number of hydrogen-bond acceptors (Lipinski definition) is 5. The standard InChI is InChI=1S/C21H15N3O2/c1-13-22-18-11-16(9-10-19(18)25-13)21-23-20(26-24-21)12-15-7-4-6-14-5-2-3-8-17(14)15/h2-11H,12H2,1H3. The molecule has 0 atom stereocenters. The molecule has 0 radical (unpaired) electrons. The van der Waals surface area contributed by atoms with Crippen molar-refractivity contribution < 1.29 is 8.94 Å². The Kier molecular flexibility index (Phi) is 3.31. The van der Waals surface area contributed by atoms with E-state index in [-0.39, 0.29) is 0 Å². The van der Waals surface area contributed by atoms with Crippen molar-refractivity contribution in [1.29, 1.82) is 0 Å². The van der Waals surface area contributed by atoms with Crippen LogP contribution in [0.3, 0.4) is 0 Å². The van der Waals surface area contributed by atoms with Crippen molar-refractivity contribution in [1.82, 2.24) is 15.1 Å². The highest BCUT2D eigenvalue weighted by Gasteiger charge is 2.12. The van der Waals surface area contributed by atoms with Gasteiger partial charge in [0, 0.05) is 12.5 Å². The van der Waals surface area contributed by atoms with Crippen molar-refractivity contribution in [2.24, 2.45) is 0 Å². The summed E-state index contributed by atoms with van der Waals surface area (Å²) in [6.07, 6.45) is 0.597. The van der Waals surface area contributed by atoms with Crippen LogP contribution in [0, 0.1) is 6.92 Å². The average Bonchev–Trinajstić information content (AvgIpc) is 3.27. The summed E-state index contributed by atoms with van der Waals surface area (Å²) < 4.78 is 11.0. The lowest BCUT2D eigenvalue weighted by Gasteiger charge is -2.03. The molecule has 126 valence electrons. The minimum atomic E-state index is 0.558. The minimum Gasteiger partial charge on any atom is -0.441 e. The van der Waals surface area contributed by atoms with Gasteiger partial charge in [0.05, 0.1) is 6.42 Å². The third-order valence-corrected chi connectivity index (χ3v) is 4.44. The molecular formula is C21H15N3O2. The Bertz CT molecular complexity index is 1230. The number of aryl methyl sites for hydroxylation is 1. The van der Waals surface area contributed by atoms with E-state index in [1.807, 2.05) is 37.3 Å². The zero-order valence-electron chi connectivity index (χ0n) is 14.1. The van der Waals surface area contributed by atoms with E-state index >= 15 is 0 Å². The average molecular weight is 341 g/mol. The van der Waals surface area contributed by atoms with Crippen LogP contribution in [0.25, 0.3) is 33.3 Å². The summed E-state index contributed by atoms with van der Waals surface area (Å²) in [5.74, 6) is 1.79. The van der Waals surface area contributed by atoms with Gasteiger partial charge in [-0.15, -0.1) is 0 Å². The van der Waals surface area contributed by atoms with Gasteiger partial charge >= 0.3 is 0 Å². The first-order valence-corrected chi connectivity index (χ1v) is 8.43. The minimum absolute atomic E-state index is 0.558. The van der Waals surface area contributed by atoms with Crippen LogP contribution in [0.15, 0.2) is 69.6 Å². The molecule has 0 N–H and O–H groups in total. The molecule has 0 saturated carbocycles. The number of nitrogens with zero attached hydrogens (tertiary/aromatic N) is 3. The summed E-state index contributed by atoms with van der Waals surface area (Å²) in [7, 11) is 0. The molecule has 0 unspecified atom stereocenters. The van der Waals surface area contributed by atoms with Gasteiger partial charge in [0.1, 0.15) is 5.52 Å². The van der Waals surface area contributed by atoms with Crippen molar-refractivity contribution >= 4 is 21.9 Å². The molecule has 0 bridgehead atoms. The lowest BCUT2D eigenvalue weighted by atomic mass is 10.0. The summed E-state index contributed by atoms with van der Waals surface area (Å²) >= 11 is 0. The maximum atomic E-state index is 5.51. The fourth-order valence-electron chi connectivity index (χ4n) is 3.24. The predicted octanol–water partition coefficient (Wildman–Crippen LogP) is 4.93. The van der Waals surface area contributed by atoms with Gasteiger partial charge in [0.25, 0.3) is 0 Å². The summed E-state index contributed by atoms with van der Waals surface area (Å²) in [5, 5.41) is 6.54. The van der Waals surface area contributed by atoms with Gasteiger partial charge in [0.15, 0.2) is 11.5 Å². The number of rotatable bonds is 3. The van der Waals surface area contributed by atoms with E-state index in [0.29, 0.717) is 24.0 Å². The molecule has 0 amide bonds. The lowest BCUT2D eigenvalue weighted by Crippen LogP contribution is -1.90. The van der Waals surface area contributed by atoms with E-state index in [2.05, 4.69) is 45.5 Å². The van der Waals surface area contributed by atoms with Gasteiger partial charge in [-0.25, -0.2) is 4.98 Å². The SMILES string of the molecule is Cc1nc2cc(-c3noc(Cc4cccc5ccccc45)n3)ccc2o1. The van der Waals surface area contributed by atoms with E-state index in [9.17, 15) is 0 Å². The topological polar surface area (TPSA) is 65.0 Å².